The van der Waals surface area contributed by atoms with E-state index in [4.69, 9.17) is 11.6 Å². The van der Waals surface area contributed by atoms with Gasteiger partial charge in [-0.05, 0) is 37.8 Å². The molecule has 2 unspecified atom stereocenters. The molecule has 122 valence electrons. The van der Waals surface area contributed by atoms with Gasteiger partial charge in [0.25, 0.3) is 5.91 Å². The first-order valence-electron chi connectivity index (χ1n) is 7.13. The predicted octanol–water partition coefficient (Wildman–Crippen LogP) is 3.40. The van der Waals surface area contributed by atoms with Gasteiger partial charge in [0, 0.05) is 25.2 Å². The fourth-order valence-corrected chi connectivity index (χ4v) is 3.54. The van der Waals surface area contributed by atoms with Crippen molar-refractivity contribution >= 4 is 29.9 Å². The zero-order valence-corrected chi connectivity index (χ0v) is 13.7. The van der Waals surface area contributed by atoms with E-state index in [1.165, 1.54) is 4.90 Å². The number of carbonyl (C=O) groups excluding carboxylic acids is 1. The maximum atomic E-state index is 13.9. The molecule has 3 nitrogen and oxygen atoms in total. The molecule has 3 rings (SSSR count). The van der Waals surface area contributed by atoms with Crippen molar-refractivity contribution in [3.05, 3.63) is 34.4 Å². The average molecular weight is 351 g/mol. The number of amides is 1. The van der Waals surface area contributed by atoms with E-state index in [2.05, 4.69) is 5.32 Å². The zero-order valence-electron chi connectivity index (χ0n) is 12.1. The molecule has 2 bridgehead atoms. The molecular weight excluding hydrogens is 333 g/mol. The average Bonchev–Trinajstić information content (AvgIpc) is 2.79. The molecule has 0 aromatic heterocycles. The van der Waals surface area contributed by atoms with Crippen LogP contribution in [0.3, 0.4) is 0 Å². The Morgan fingerprint density at radius 3 is 2.41 bits per heavy atom. The molecule has 2 aliphatic heterocycles. The number of nitrogens with one attached hydrogen (secondary N) is 1. The van der Waals surface area contributed by atoms with Gasteiger partial charge in [-0.25, -0.2) is 8.78 Å². The highest BCUT2D eigenvalue weighted by molar-refractivity contribution is 6.30. The summed E-state index contributed by atoms with van der Waals surface area (Å²) in [6, 6.07) is 2.65. The van der Waals surface area contributed by atoms with Crippen LogP contribution in [0.4, 0.5) is 8.78 Å². The van der Waals surface area contributed by atoms with Gasteiger partial charge < -0.3 is 10.2 Å². The van der Waals surface area contributed by atoms with Crippen LogP contribution in [-0.4, -0.2) is 36.0 Å². The van der Waals surface area contributed by atoms with Crippen molar-refractivity contribution in [3.8, 4) is 0 Å². The predicted molar refractivity (Wildman–Crippen MR) is 83.7 cm³/mol. The van der Waals surface area contributed by atoms with Crippen LogP contribution in [0.25, 0.3) is 0 Å². The van der Waals surface area contributed by atoms with Crippen LogP contribution in [0.15, 0.2) is 12.1 Å². The normalized spacial score (nSPS) is 26.5. The topological polar surface area (TPSA) is 32.3 Å². The van der Waals surface area contributed by atoms with E-state index in [1.807, 2.05) is 0 Å². The highest BCUT2D eigenvalue weighted by atomic mass is 35.5. The number of fused-ring (bicyclic) bond motifs is 2. The number of hydrogen-bond donors (Lipinski definition) is 1. The fraction of sp³-hybridized carbons (Fsp3) is 0.533. The standard InChI is InChI=1S/C15H17ClF2N2O.ClH/c1-20(10-4-8-2-3-9(5-10)19-8)15(21)11-6-14(18)12(16)7-13(11)17;/h6-10,19H,2-5H2,1H3;1H. The van der Waals surface area contributed by atoms with Crippen LogP contribution >= 0.6 is 24.0 Å². The third-order valence-electron chi connectivity index (χ3n) is 4.56. The number of nitrogens with zero attached hydrogens (tertiary/aromatic N) is 1. The van der Waals surface area contributed by atoms with Gasteiger partial charge in [0.1, 0.15) is 11.6 Å². The Kier molecular flexibility index (Phi) is 5.30. The summed E-state index contributed by atoms with van der Waals surface area (Å²) < 4.78 is 27.3. The molecule has 0 spiro atoms. The second-order valence-electron chi connectivity index (χ2n) is 5.93. The van der Waals surface area contributed by atoms with E-state index >= 15 is 0 Å². The lowest BCUT2D eigenvalue weighted by molar-refractivity contribution is 0.0676. The first kappa shape index (κ1) is 17.4. The lowest BCUT2D eigenvalue weighted by Crippen LogP contribution is -2.48. The van der Waals surface area contributed by atoms with E-state index in [9.17, 15) is 13.6 Å². The van der Waals surface area contributed by atoms with Crippen molar-refractivity contribution in [1.29, 1.82) is 0 Å². The molecule has 1 amide bonds. The summed E-state index contributed by atoms with van der Waals surface area (Å²) in [6.45, 7) is 0. The van der Waals surface area contributed by atoms with E-state index in [0.717, 1.165) is 37.8 Å². The number of hydrogen-bond acceptors (Lipinski definition) is 2. The Labute approximate surface area is 139 Å². The molecule has 0 saturated carbocycles. The monoisotopic (exact) mass is 350 g/mol. The summed E-state index contributed by atoms with van der Waals surface area (Å²) in [5.74, 6) is -2.05. The number of piperidine rings is 1. The Bertz CT molecular complexity index is 573. The number of benzene rings is 1. The highest BCUT2D eigenvalue weighted by Gasteiger charge is 2.37. The maximum absolute atomic E-state index is 13.9. The van der Waals surface area contributed by atoms with Gasteiger partial charge in [0.2, 0.25) is 0 Å². The summed E-state index contributed by atoms with van der Waals surface area (Å²) in [5.41, 5.74) is -0.259. The van der Waals surface area contributed by atoms with Gasteiger partial charge in [-0.15, -0.1) is 12.4 Å². The van der Waals surface area contributed by atoms with Crippen molar-refractivity contribution in [3.63, 3.8) is 0 Å². The third kappa shape index (κ3) is 3.21. The number of halogens is 4. The minimum Gasteiger partial charge on any atom is -0.339 e. The van der Waals surface area contributed by atoms with Gasteiger partial charge in [0.15, 0.2) is 0 Å². The Balaban J connectivity index is 0.00000176. The number of rotatable bonds is 2. The SMILES string of the molecule is CN(C(=O)c1cc(F)c(Cl)cc1F)C1CC2CCC(C1)N2.Cl. The van der Waals surface area contributed by atoms with E-state index in [1.54, 1.807) is 7.05 Å². The zero-order chi connectivity index (χ0) is 15.1. The molecule has 2 aliphatic rings. The summed E-state index contributed by atoms with van der Waals surface area (Å²) in [4.78, 5) is 14.0. The number of carbonyl (C=O) groups is 1. The van der Waals surface area contributed by atoms with Gasteiger partial charge >= 0.3 is 0 Å². The Morgan fingerprint density at radius 1 is 1.23 bits per heavy atom. The largest absolute Gasteiger partial charge is 0.339 e. The highest BCUT2D eigenvalue weighted by Crippen LogP contribution is 2.30. The second-order valence-corrected chi connectivity index (χ2v) is 6.33. The molecule has 2 fully saturated rings. The minimum atomic E-state index is -0.782. The molecule has 2 atom stereocenters. The Morgan fingerprint density at radius 2 is 1.82 bits per heavy atom. The quantitative estimate of drug-likeness (QED) is 0.829. The van der Waals surface area contributed by atoms with Crippen molar-refractivity contribution in [2.45, 2.75) is 43.8 Å². The Hall–Kier alpha value is -0.910. The third-order valence-corrected chi connectivity index (χ3v) is 4.85. The second kappa shape index (κ2) is 6.69. The summed E-state index contributed by atoms with van der Waals surface area (Å²) in [7, 11) is 1.66. The van der Waals surface area contributed by atoms with Crippen molar-refractivity contribution < 1.29 is 13.6 Å². The molecule has 1 aromatic rings. The van der Waals surface area contributed by atoms with E-state index in [-0.39, 0.29) is 29.0 Å². The smallest absolute Gasteiger partial charge is 0.256 e. The van der Waals surface area contributed by atoms with Crippen molar-refractivity contribution in [2.24, 2.45) is 0 Å². The van der Waals surface area contributed by atoms with Crippen LogP contribution in [0, 0.1) is 11.6 Å². The summed E-state index contributed by atoms with van der Waals surface area (Å²) in [5, 5.41) is 3.18. The van der Waals surface area contributed by atoms with Gasteiger partial charge in [-0.2, -0.15) is 0 Å². The molecule has 7 heteroatoms. The van der Waals surface area contributed by atoms with E-state index in [0.29, 0.717) is 12.1 Å². The summed E-state index contributed by atoms with van der Waals surface area (Å²) >= 11 is 5.52. The molecule has 2 saturated heterocycles. The van der Waals surface area contributed by atoms with Gasteiger partial charge in [-0.3, -0.25) is 4.79 Å². The van der Waals surface area contributed by atoms with Crippen LogP contribution < -0.4 is 5.32 Å². The first-order valence-corrected chi connectivity index (χ1v) is 7.51. The molecule has 0 radical (unpaired) electrons. The molecular formula is C15H18Cl2F2N2O. The van der Waals surface area contributed by atoms with Crippen LogP contribution in [-0.2, 0) is 0 Å². The van der Waals surface area contributed by atoms with Crippen molar-refractivity contribution in [1.82, 2.24) is 10.2 Å². The fourth-order valence-electron chi connectivity index (χ4n) is 3.39. The molecule has 0 aliphatic carbocycles. The molecule has 1 aromatic carbocycles. The molecule has 2 heterocycles. The summed E-state index contributed by atoms with van der Waals surface area (Å²) in [6.07, 6.45) is 3.95. The minimum absolute atomic E-state index is 0. The van der Waals surface area contributed by atoms with Gasteiger partial charge in [0.05, 0.1) is 10.6 Å². The maximum Gasteiger partial charge on any atom is 0.256 e. The molecule has 22 heavy (non-hydrogen) atoms. The van der Waals surface area contributed by atoms with Gasteiger partial charge in [-0.1, -0.05) is 11.6 Å². The molecule has 1 N–H and O–H groups in total. The first-order chi connectivity index (χ1) is 9.95. The van der Waals surface area contributed by atoms with E-state index < -0.39 is 17.5 Å². The van der Waals surface area contributed by atoms with Crippen LogP contribution in [0.5, 0.6) is 0 Å². The van der Waals surface area contributed by atoms with Crippen molar-refractivity contribution in [2.75, 3.05) is 7.05 Å². The lowest BCUT2D eigenvalue weighted by Gasteiger charge is -2.35. The van der Waals surface area contributed by atoms with Crippen LogP contribution in [0.1, 0.15) is 36.0 Å². The lowest BCUT2D eigenvalue weighted by atomic mass is 9.98. The van der Waals surface area contributed by atoms with Crippen LogP contribution in [0.2, 0.25) is 5.02 Å².